The van der Waals surface area contributed by atoms with E-state index >= 15 is 0 Å². The van der Waals surface area contributed by atoms with Crippen LogP contribution in [0.3, 0.4) is 0 Å². The van der Waals surface area contributed by atoms with Gasteiger partial charge in [0.05, 0.1) is 0 Å². The average molecular weight is 121 g/mol. The first-order valence-electron chi connectivity index (χ1n) is 3.56. The van der Waals surface area contributed by atoms with E-state index in [1.807, 2.05) is 0 Å². The zero-order valence-electron chi connectivity index (χ0n) is 5.38. The lowest BCUT2D eigenvalue weighted by molar-refractivity contribution is 0.560. The minimum atomic E-state index is 0.625. The molecule has 2 atom stereocenters. The van der Waals surface area contributed by atoms with Crippen molar-refractivity contribution < 1.29 is 0 Å². The molecule has 0 aromatic heterocycles. The maximum atomic E-state index is 3.31. The largest absolute Gasteiger partial charge is 0.385 e. The van der Waals surface area contributed by atoms with Crippen LogP contribution in [-0.4, -0.2) is 6.04 Å². The molecule has 0 fully saturated rings. The van der Waals surface area contributed by atoms with Gasteiger partial charge in [-0.05, 0) is 25.0 Å². The number of rotatable bonds is 0. The lowest BCUT2D eigenvalue weighted by Gasteiger charge is -2.15. The van der Waals surface area contributed by atoms with Gasteiger partial charge in [0.1, 0.15) is 0 Å². The fraction of sp³-hybridized carbons (Fsp3) is 0.500. The maximum Gasteiger partial charge on any atom is 0.0439 e. The van der Waals surface area contributed by atoms with Crippen LogP contribution in [0.4, 0.5) is 0 Å². The van der Waals surface area contributed by atoms with Gasteiger partial charge in [-0.15, -0.1) is 0 Å². The number of hydrogen-bond acceptors (Lipinski definition) is 1. The minimum Gasteiger partial charge on any atom is -0.385 e. The van der Waals surface area contributed by atoms with Crippen LogP contribution < -0.4 is 5.32 Å². The molecular formula is C8H11N. The first kappa shape index (κ1) is 5.10. The van der Waals surface area contributed by atoms with Crippen molar-refractivity contribution in [2.45, 2.75) is 18.9 Å². The van der Waals surface area contributed by atoms with Gasteiger partial charge in [0, 0.05) is 6.04 Å². The molecule has 0 radical (unpaired) electrons. The second-order valence-electron chi connectivity index (χ2n) is 2.76. The van der Waals surface area contributed by atoms with Crippen LogP contribution in [-0.2, 0) is 0 Å². The van der Waals surface area contributed by atoms with Crippen molar-refractivity contribution in [2.24, 2.45) is 5.92 Å². The highest BCUT2D eigenvalue weighted by atomic mass is 14.9. The van der Waals surface area contributed by atoms with Crippen LogP contribution in [0.15, 0.2) is 24.4 Å². The lowest BCUT2D eigenvalue weighted by atomic mass is 9.95. The van der Waals surface area contributed by atoms with Crippen LogP contribution in [0.2, 0.25) is 0 Å². The summed E-state index contributed by atoms with van der Waals surface area (Å²) in [6, 6.07) is 0.625. The van der Waals surface area contributed by atoms with Gasteiger partial charge in [-0.2, -0.15) is 0 Å². The van der Waals surface area contributed by atoms with Crippen molar-refractivity contribution in [1.29, 1.82) is 0 Å². The van der Waals surface area contributed by atoms with Crippen LogP contribution in [0, 0.1) is 5.92 Å². The average Bonchev–Trinajstić information content (AvgIpc) is 2.21. The zero-order valence-corrected chi connectivity index (χ0v) is 5.38. The van der Waals surface area contributed by atoms with E-state index in [4.69, 9.17) is 0 Å². The smallest absolute Gasteiger partial charge is 0.0439 e. The summed E-state index contributed by atoms with van der Waals surface area (Å²) in [6.07, 6.45) is 11.5. The Morgan fingerprint density at radius 1 is 1.11 bits per heavy atom. The molecule has 0 saturated heterocycles. The van der Waals surface area contributed by atoms with Crippen LogP contribution in [0.25, 0.3) is 0 Å². The SMILES string of the molecule is C1=CC2C=CC(CC2)N1. The van der Waals surface area contributed by atoms with Gasteiger partial charge >= 0.3 is 0 Å². The van der Waals surface area contributed by atoms with Crippen LogP contribution in [0.1, 0.15) is 12.8 Å². The fourth-order valence-electron chi connectivity index (χ4n) is 1.44. The van der Waals surface area contributed by atoms with Crippen LogP contribution in [0.5, 0.6) is 0 Å². The maximum absolute atomic E-state index is 3.31. The predicted octanol–water partition coefficient (Wildman–Crippen LogP) is 1.44. The number of allylic oxidation sites excluding steroid dienone is 2. The van der Waals surface area contributed by atoms with Crippen molar-refractivity contribution in [2.75, 3.05) is 0 Å². The Labute approximate surface area is 55.5 Å². The molecule has 0 saturated carbocycles. The summed E-state index contributed by atoms with van der Waals surface area (Å²) in [4.78, 5) is 0. The Hall–Kier alpha value is -0.720. The van der Waals surface area contributed by atoms with E-state index in [2.05, 4.69) is 29.7 Å². The standard InChI is InChI=1S/C8H11N/c1-3-8-4-2-7(1)5-6-9-8/h1,3,5-9H,2,4H2. The van der Waals surface area contributed by atoms with Gasteiger partial charge in [0.2, 0.25) is 0 Å². The van der Waals surface area contributed by atoms with Gasteiger partial charge < -0.3 is 5.32 Å². The normalized spacial score (nSPS) is 38.2. The van der Waals surface area contributed by atoms with Crippen molar-refractivity contribution in [1.82, 2.24) is 5.32 Å². The quantitative estimate of drug-likeness (QED) is 0.478. The molecule has 1 heteroatoms. The van der Waals surface area contributed by atoms with Gasteiger partial charge in [-0.3, -0.25) is 0 Å². The summed E-state index contributed by atoms with van der Waals surface area (Å²) in [7, 11) is 0. The predicted molar refractivity (Wildman–Crippen MR) is 37.9 cm³/mol. The van der Waals surface area contributed by atoms with E-state index in [0.717, 1.165) is 5.92 Å². The van der Waals surface area contributed by atoms with Gasteiger partial charge in [0.15, 0.2) is 0 Å². The van der Waals surface area contributed by atoms with Crippen molar-refractivity contribution in [3.8, 4) is 0 Å². The van der Waals surface area contributed by atoms with Crippen molar-refractivity contribution in [3.05, 3.63) is 24.4 Å². The highest BCUT2D eigenvalue weighted by Crippen LogP contribution is 2.20. The second kappa shape index (κ2) is 1.90. The molecule has 2 bridgehead atoms. The molecular weight excluding hydrogens is 110 g/mol. The van der Waals surface area contributed by atoms with Crippen molar-refractivity contribution >= 4 is 0 Å². The Balaban J connectivity index is 2.26. The topological polar surface area (TPSA) is 12.0 Å². The number of fused-ring (bicyclic) bond motifs is 2. The van der Waals surface area contributed by atoms with Crippen LogP contribution >= 0.6 is 0 Å². The Kier molecular flexibility index (Phi) is 1.08. The zero-order chi connectivity index (χ0) is 6.10. The first-order valence-corrected chi connectivity index (χ1v) is 3.56. The van der Waals surface area contributed by atoms with Gasteiger partial charge in [-0.1, -0.05) is 18.2 Å². The monoisotopic (exact) mass is 121 g/mol. The summed E-state index contributed by atoms with van der Waals surface area (Å²) in [6.45, 7) is 0. The summed E-state index contributed by atoms with van der Waals surface area (Å²) in [5.41, 5.74) is 0. The van der Waals surface area contributed by atoms with E-state index in [1.54, 1.807) is 0 Å². The van der Waals surface area contributed by atoms with Gasteiger partial charge in [-0.25, -0.2) is 0 Å². The molecule has 9 heavy (non-hydrogen) atoms. The van der Waals surface area contributed by atoms with E-state index in [1.165, 1.54) is 12.8 Å². The molecule has 1 nitrogen and oxygen atoms in total. The van der Waals surface area contributed by atoms with E-state index in [0.29, 0.717) is 6.04 Å². The highest BCUT2D eigenvalue weighted by molar-refractivity contribution is 5.12. The number of nitrogens with one attached hydrogen (secondary N) is 1. The molecule has 1 N–H and O–H groups in total. The number of hydrogen-bond donors (Lipinski definition) is 1. The van der Waals surface area contributed by atoms with E-state index in [9.17, 15) is 0 Å². The van der Waals surface area contributed by atoms with E-state index < -0.39 is 0 Å². The Bertz CT molecular complexity index is 158. The van der Waals surface area contributed by atoms with Gasteiger partial charge in [0.25, 0.3) is 0 Å². The molecule has 1 aliphatic carbocycles. The molecule has 0 aromatic carbocycles. The molecule has 0 aromatic rings. The lowest BCUT2D eigenvalue weighted by Crippen LogP contribution is -2.21. The summed E-state index contributed by atoms with van der Waals surface area (Å²) >= 11 is 0. The first-order chi connectivity index (χ1) is 4.45. The Morgan fingerprint density at radius 2 is 2.11 bits per heavy atom. The minimum absolute atomic E-state index is 0.625. The highest BCUT2D eigenvalue weighted by Gasteiger charge is 2.14. The fourth-order valence-corrected chi connectivity index (χ4v) is 1.44. The molecule has 2 heterocycles. The van der Waals surface area contributed by atoms with Crippen molar-refractivity contribution in [3.63, 3.8) is 0 Å². The third-order valence-electron chi connectivity index (χ3n) is 2.06. The molecule has 3 aliphatic rings. The third-order valence-corrected chi connectivity index (χ3v) is 2.06. The molecule has 2 aliphatic heterocycles. The molecule has 2 unspecified atom stereocenters. The molecule has 0 spiro atoms. The second-order valence-corrected chi connectivity index (χ2v) is 2.76. The molecule has 0 amide bonds. The summed E-state index contributed by atoms with van der Waals surface area (Å²) < 4.78 is 0. The third kappa shape index (κ3) is 0.869. The summed E-state index contributed by atoms with van der Waals surface area (Å²) in [5, 5.41) is 3.31. The summed E-state index contributed by atoms with van der Waals surface area (Å²) in [5.74, 6) is 0.719. The molecule has 48 valence electrons. The Morgan fingerprint density at radius 3 is 2.89 bits per heavy atom. The van der Waals surface area contributed by atoms with E-state index in [-0.39, 0.29) is 0 Å². The molecule has 3 rings (SSSR count).